The molecule has 0 amide bonds. The van der Waals surface area contributed by atoms with E-state index < -0.39 is 16.4 Å². The Morgan fingerprint density at radius 3 is 2.57 bits per heavy atom. The molecule has 1 aromatic heterocycles. The van der Waals surface area contributed by atoms with Gasteiger partial charge < -0.3 is 9.90 Å². The van der Waals surface area contributed by atoms with Crippen LogP contribution >= 0.6 is 0 Å². The summed E-state index contributed by atoms with van der Waals surface area (Å²) in [5.74, 6) is -1.35. The molecule has 0 N–H and O–H groups in total. The minimum Gasteiger partial charge on any atom is -0.548 e. The monoisotopic (exact) mass is 198 g/mol. The number of nitrogens with zero attached hydrogens (tertiary/aromatic N) is 3. The molecule has 76 valence electrons. The van der Waals surface area contributed by atoms with Crippen LogP contribution in [0.4, 0.5) is 5.69 Å². The van der Waals surface area contributed by atoms with Gasteiger partial charge in [-0.25, -0.2) is 0 Å². The van der Waals surface area contributed by atoms with Gasteiger partial charge in [-0.15, -0.1) is 0 Å². The summed E-state index contributed by atoms with van der Waals surface area (Å²) < 4.78 is 0.987. The maximum atomic E-state index is 10.7. The molecule has 0 aliphatic carbocycles. The molecule has 1 rings (SSSR count). The summed E-state index contributed by atoms with van der Waals surface area (Å²) in [7, 11) is 0. The predicted molar refractivity (Wildman–Crippen MR) is 43.2 cm³/mol. The quantitative estimate of drug-likeness (QED) is 0.471. The highest BCUT2D eigenvalue weighted by molar-refractivity contribution is 5.73. The van der Waals surface area contributed by atoms with Gasteiger partial charge in [-0.2, -0.15) is 5.10 Å². The van der Waals surface area contributed by atoms with Crippen LogP contribution in [0.3, 0.4) is 0 Å². The van der Waals surface area contributed by atoms with Gasteiger partial charge in [0.2, 0.25) is 0 Å². The van der Waals surface area contributed by atoms with Crippen LogP contribution in [-0.2, 0) is 10.3 Å². The zero-order chi connectivity index (χ0) is 10.9. The number of carbonyl (C=O) groups is 1. The number of carboxylic acids is 1. The highest BCUT2D eigenvalue weighted by Gasteiger charge is 2.24. The van der Waals surface area contributed by atoms with Gasteiger partial charge in [-0.05, 0) is 13.8 Å². The Kier molecular flexibility index (Phi) is 2.24. The van der Waals surface area contributed by atoms with Gasteiger partial charge in [0.15, 0.2) is 0 Å². The summed E-state index contributed by atoms with van der Waals surface area (Å²) in [6.07, 6.45) is 2.04. The fourth-order valence-electron chi connectivity index (χ4n) is 0.807. The number of carboxylic acid groups (broad SMARTS) is 1. The molecule has 0 bridgehead atoms. The number of hydrogen-bond donors (Lipinski definition) is 0. The molecule has 7 heteroatoms. The molecule has 1 aromatic rings. The van der Waals surface area contributed by atoms with Crippen LogP contribution in [0.25, 0.3) is 0 Å². The fourth-order valence-corrected chi connectivity index (χ4v) is 0.807. The van der Waals surface area contributed by atoms with Gasteiger partial charge >= 0.3 is 5.69 Å². The lowest BCUT2D eigenvalue weighted by molar-refractivity contribution is -0.385. The first-order chi connectivity index (χ1) is 6.35. The predicted octanol–water partition coefficient (Wildman–Crippen LogP) is -0.724. The molecule has 7 nitrogen and oxygen atoms in total. The molecule has 0 radical (unpaired) electrons. The van der Waals surface area contributed by atoms with E-state index in [2.05, 4.69) is 5.10 Å². The smallest absolute Gasteiger partial charge is 0.307 e. The van der Waals surface area contributed by atoms with E-state index in [9.17, 15) is 20.0 Å². The van der Waals surface area contributed by atoms with Gasteiger partial charge in [0, 0.05) is 0 Å². The van der Waals surface area contributed by atoms with Crippen molar-refractivity contribution in [2.45, 2.75) is 19.4 Å². The third-order valence-electron chi connectivity index (χ3n) is 1.85. The number of rotatable bonds is 3. The average Bonchev–Trinajstić information content (AvgIpc) is 2.51. The Hall–Kier alpha value is -1.92. The molecule has 0 aliphatic heterocycles. The van der Waals surface area contributed by atoms with Gasteiger partial charge in [-0.1, -0.05) is 0 Å². The van der Waals surface area contributed by atoms with Gasteiger partial charge in [-0.3, -0.25) is 14.8 Å². The van der Waals surface area contributed by atoms with Crippen LogP contribution in [0.2, 0.25) is 0 Å². The van der Waals surface area contributed by atoms with Crippen LogP contribution in [0.1, 0.15) is 13.8 Å². The number of carbonyl (C=O) groups excluding carboxylic acids is 1. The highest BCUT2D eigenvalue weighted by Crippen LogP contribution is 2.17. The number of aliphatic carboxylic acids is 1. The third-order valence-corrected chi connectivity index (χ3v) is 1.85. The summed E-state index contributed by atoms with van der Waals surface area (Å²) in [5.41, 5.74) is -1.65. The lowest BCUT2D eigenvalue weighted by atomic mass is 10.1. The first kappa shape index (κ1) is 10.2. The van der Waals surface area contributed by atoms with Crippen LogP contribution in [0.15, 0.2) is 12.4 Å². The first-order valence-corrected chi connectivity index (χ1v) is 3.76. The molecular formula is C7H8N3O4-. The van der Waals surface area contributed by atoms with Crippen molar-refractivity contribution in [3.63, 3.8) is 0 Å². The van der Waals surface area contributed by atoms with Crippen molar-refractivity contribution >= 4 is 11.7 Å². The number of aromatic nitrogens is 2. The second-order valence-corrected chi connectivity index (χ2v) is 3.25. The topological polar surface area (TPSA) is 101 Å². The fraction of sp³-hybridized carbons (Fsp3) is 0.429. The van der Waals surface area contributed by atoms with E-state index in [-0.39, 0.29) is 5.69 Å². The van der Waals surface area contributed by atoms with Crippen LogP contribution < -0.4 is 5.11 Å². The molecule has 0 spiro atoms. The molecule has 14 heavy (non-hydrogen) atoms. The molecule has 0 unspecified atom stereocenters. The Morgan fingerprint density at radius 1 is 1.64 bits per heavy atom. The van der Waals surface area contributed by atoms with Gasteiger partial charge in [0.05, 0.1) is 16.4 Å². The summed E-state index contributed by atoms with van der Waals surface area (Å²) in [4.78, 5) is 20.3. The highest BCUT2D eigenvalue weighted by atomic mass is 16.6. The SMILES string of the molecule is CC(C)(C(=O)[O-])n1cc([N+](=O)[O-])cn1. The van der Waals surface area contributed by atoms with E-state index in [0.717, 1.165) is 17.1 Å². The Balaban J connectivity index is 3.09. The zero-order valence-corrected chi connectivity index (χ0v) is 7.63. The lowest BCUT2D eigenvalue weighted by Gasteiger charge is -2.25. The summed E-state index contributed by atoms with van der Waals surface area (Å²) in [6, 6.07) is 0. The van der Waals surface area contributed by atoms with Crippen molar-refractivity contribution in [1.29, 1.82) is 0 Å². The van der Waals surface area contributed by atoms with E-state index in [1.165, 1.54) is 13.8 Å². The van der Waals surface area contributed by atoms with Gasteiger partial charge in [0.1, 0.15) is 12.4 Å². The van der Waals surface area contributed by atoms with Crippen molar-refractivity contribution in [2.75, 3.05) is 0 Å². The number of hydrogen-bond acceptors (Lipinski definition) is 5. The van der Waals surface area contributed by atoms with Crippen molar-refractivity contribution in [1.82, 2.24) is 9.78 Å². The van der Waals surface area contributed by atoms with Crippen molar-refractivity contribution in [3.8, 4) is 0 Å². The Morgan fingerprint density at radius 2 is 2.21 bits per heavy atom. The summed E-state index contributed by atoms with van der Waals surface area (Å²) in [5, 5.41) is 24.5. The van der Waals surface area contributed by atoms with E-state index in [1.54, 1.807) is 0 Å². The molecule has 0 saturated carbocycles. The molecule has 0 atom stereocenters. The molecule has 0 aromatic carbocycles. The van der Waals surface area contributed by atoms with Crippen molar-refractivity contribution < 1.29 is 14.8 Å². The summed E-state index contributed by atoms with van der Waals surface area (Å²) >= 11 is 0. The second kappa shape index (κ2) is 3.09. The first-order valence-electron chi connectivity index (χ1n) is 3.76. The average molecular weight is 198 g/mol. The third kappa shape index (κ3) is 1.56. The molecular weight excluding hydrogens is 190 g/mol. The minimum absolute atomic E-state index is 0.251. The van der Waals surface area contributed by atoms with E-state index in [0.29, 0.717) is 0 Å². The maximum absolute atomic E-state index is 10.7. The molecule has 0 fully saturated rings. The Labute approximate surface area is 79.1 Å². The largest absolute Gasteiger partial charge is 0.548 e. The van der Waals surface area contributed by atoms with Crippen LogP contribution in [-0.4, -0.2) is 20.7 Å². The molecule has 0 saturated heterocycles. The van der Waals surface area contributed by atoms with E-state index in [1.807, 2.05) is 0 Å². The van der Waals surface area contributed by atoms with Crippen LogP contribution in [0.5, 0.6) is 0 Å². The second-order valence-electron chi connectivity index (χ2n) is 3.25. The maximum Gasteiger partial charge on any atom is 0.307 e. The van der Waals surface area contributed by atoms with E-state index in [4.69, 9.17) is 0 Å². The van der Waals surface area contributed by atoms with Crippen LogP contribution in [0, 0.1) is 10.1 Å². The van der Waals surface area contributed by atoms with E-state index >= 15 is 0 Å². The summed E-state index contributed by atoms with van der Waals surface area (Å²) in [6.45, 7) is 2.69. The molecule has 1 heterocycles. The molecule has 0 aliphatic rings. The zero-order valence-electron chi connectivity index (χ0n) is 7.63. The van der Waals surface area contributed by atoms with Crippen molar-refractivity contribution in [2.24, 2.45) is 0 Å². The lowest BCUT2D eigenvalue weighted by Crippen LogP contribution is -2.46. The van der Waals surface area contributed by atoms with Gasteiger partial charge in [0.25, 0.3) is 0 Å². The van der Waals surface area contributed by atoms with Crippen molar-refractivity contribution in [3.05, 3.63) is 22.5 Å². The normalized spacial score (nSPS) is 11.3. The minimum atomic E-state index is -1.39. The Bertz CT molecular complexity index is 382. The number of nitro groups is 1. The standard InChI is InChI=1S/C7H9N3O4/c1-7(2,6(11)12)9-4-5(3-8-9)10(13)14/h3-4H,1-2H3,(H,11,12)/p-1.